The zero-order valence-electron chi connectivity index (χ0n) is 22.2. The van der Waals surface area contributed by atoms with E-state index >= 15 is 0 Å². The molecule has 0 spiro atoms. The van der Waals surface area contributed by atoms with Crippen molar-refractivity contribution in [2.24, 2.45) is 16.9 Å². The molecule has 206 valence electrons. The second kappa shape index (κ2) is 9.59. The van der Waals surface area contributed by atoms with Gasteiger partial charge in [-0.15, -0.1) is 0 Å². The lowest BCUT2D eigenvalue weighted by molar-refractivity contribution is -0.384. The molecule has 4 aliphatic rings. The molecular weight excluding hydrogens is 532 g/mol. The van der Waals surface area contributed by atoms with Gasteiger partial charge in [-0.25, -0.2) is 10.3 Å². The van der Waals surface area contributed by atoms with Crippen LogP contribution < -0.4 is 10.3 Å². The number of hydrogen-bond acceptors (Lipinski definition) is 6. The Morgan fingerprint density at radius 1 is 0.857 bits per heavy atom. The van der Waals surface area contributed by atoms with Gasteiger partial charge in [0, 0.05) is 24.3 Å². The Hall–Kier alpha value is -5.44. The molecule has 3 amide bonds. The number of hydrazone groups is 1. The van der Waals surface area contributed by atoms with Crippen molar-refractivity contribution in [1.29, 1.82) is 0 Å². The van der Waals surface area contributed by atoms with Crippen molar-refractivity contribution in [2.75, 3.05) is 4.90 Å². The second-order valence-electron chi connectivity index (χ2n) is 10.8. The van der Waals surface area contributed by atoms with Gasteiger partial charge in [0.15, 0.2) is 0 Å². The van der Waals surface area contributed by atoms with Gasteiger partial charge >= 0.3 is 0 Å². The van der Waals surface area contributed by atoms with Gasteiger partial charge in [-0.3, -0.25) is 24.5 Å². The van der Waals surface area contributed by atoms with Gasteiger partial charge in [-0.2, -0.15) is 5.10 Å². The minimum atomic E-state index is -1.13. The average Bonchev–Trinajstić information content (AvgIpc) is 3.28. The van der Waals surface area contributed by atoms with Crippen LogP contribution in [-0.2, 0) is 26.2 Å². The molecule has 9 heteroatoms. The van der Waals surface area contributed by atoms with E-state index in [4.69, 9.17) is 0 Å². The summed E-state index contributed by atoms with van der Waals surface area (Å²) in [6.07, 6.45) is 1.75. The first-order chi connectivity index (χ1) is 20.4. The van der Waals surface area contributed by atoms with Crippen LogP contribution in [0.1, 0.15) is 33.7 Å². The highest BCUT2D eigenvalue weighted by Gasteiger charge is 2.68. The quantitative estimate of drug-likeness (QED) is 0.162. The molecule has 0 aromatic heterocycles. The number of carbonyl (C=O) groups is 3. The van der Waals surface area contributed by atoms with E-state index in [2.05, 4.69) is 10.5 Å². The van der Waals surface area contributed by atoms with Crippen LogP contribution in [0.25, 0.3) is 0 Å². The smallest absolute Gasteiger partial charge is 0.269 e. The molecule has 1 heterocycles. The molecule has 1 fully saturated rings. The fraction of sp³-hybridized carbons (Fsp3) is 0.152. The highest BCUT2D eigenvalue weighted by Crippen LogP contribution is 2.63. The third-order valence-corrected chi connectivity index (χ3v) is 8.67. The molecule has 0 unspecified atom stereocenters. The number of rotatable bonds is 6. The molecule has 8 rings (SSSR count). The van der Waals surface area contributed by atoms with Crippen molar-refractivity contribution in [3.8, 4) is 0 Å². The predicted octanol–water partition coefficient (Wildman–Crippen LogP) is 4.49. The number of nitro groups is 1. The van der Waals surface area contributed by atoms with Gasteiger partial charge in [-0.05, 0) is 39.9 Å². The molecule has 42 heavy (non-hydrogen) atoms. The molecule has 2 bridgehead atoms. The first-order valence-electron chi connectivity index (χ1n) is 13.6. The van der Waals surface area contributed by atoms with Crippen LogP contribution in [-0.4, -0.2) is 28.9 Å². The van der Waals surface area contributed by atoms with Crippen LogP contribution in [0, 0.1) is 22.0 Å². The molecule has 0 radical (unpaired) electrons. The summed E-state index contributed by atoms with van der Waals surface area (Å²) >= 11 is 0. The number of carbonyl (C=O) groups excluding carboxylic acids is 3. The Morgan fingerprint density at radius 3 is 2.07 bits per heavy atom. The summed E-state index contributed by atoms with van der Waals surface area (Å²) in [6.45, 7) is 0. The summed E-state index contributed by atoms with van der Waals surface area (Å²) in [6, 6.07) is 30.3. The van der Waals surface area contributed by atoms with Crippen LogP contribution in [0.2, 0.25) is 0 Å². The average molecular weight is 557 g/mol. The number of nitrogens with one attached hydrogen (secondary N) is 1. The summed E-state index contributed by atoms with van der Waals surface area (Å²) in [5.74, 6) is -2.98. The first kappa shape index (κ1) is 25.5. The zero-order valence-corrected chi connectivity index (χ0v) is 22.2. The predicted molar refractivity (Wildman–Crippen MR) is 155 cm³/mol. The van der Waals surface area contributed by atoms with Crippen molar-refractivity contribution in [3.63, 3.8) is 0 Å². The lowest BCUT2D eigenvalue weighted by Gasteiger charge is -2.52. The van der Waals surface area contributed by atoms with Gasteiger partial charge in [0.05, 0.1) is 34.3 Å². The topological polar surface area (TPSA) is 122 Å². The molecule has 1 N–H and O–H groups in total. The summed E-state index contributed by atoms with van der Waals surface area (Å²) in [7, 11) is 0. The highest BCUT2D eigenvalue weighted by molar-refractivity contribution is 6.25. The molecule has 0 saturated carbocycles. The minimum Gasteiger partial charge on any atom is -0.274 e. The van der Waals surface area contributed by atoms with E-state index in [0.29, 0.717) is 0 Å². The SMILES string of the molecule is O=C(Cc1ccccc1)N/N=C\C12c3ccccc3C(c3ccccc31)[C@H]1C(=O)N(c3ccc([N+](=O)[O-])cc3)C(=O)[C@H]12. The minimum absolute atomic E-state index is 0.134. The van der Waals surface area contributed by atoms with Crippen molar-refractivity contribution in [3.05, 3.63) is 141 Å². The van der Waals surface area contributed by atoms with Crippen molar-refractivity contribution >= 4 is 35.3 Å². The number of benzene rings is 4. The maximum atomic E-state index is 14.3. The maximum absolute atomic E-state index is 14.3. The summed E-state index contributed by atoms with van der Waals surface area (Å²) in [5.41, 5.74) is 6.09. The fourth-order valence-corrected chi connectivity index (χ4v) is 7.05. The third-order valence-electron chi connectivity index (χ3n) is 8.67. The Kier molecular flexibility index (Phi) is 5.83. The third kappa shape index (κ3) is 3.63. The van der Waals surface area contributed by atoms with Crippen molar-refractivity contribution < 1.29 is 19.3 Å². The van der Waals surface area contributed by atoms with Crippen LogP contribution in [0.4, 0.5) is 11.4 Å². The molecule has 3 aliphatic carbocycles. The van der Waals surface area contributed by atoms with Crippen LogP contribution in [0.15, 0.2) is 108 Å². The Balaban J connectivity index is 1.35. The molecule has 4 aromatic carbocycles. The lowest BCUT2D eigenvalue weighted by atomic mass is 9.47. The standard InChI is InChI=1S/C33H24N4O5/c38-27(18-20-8-2-1-3-9-20)35-34-19-33-25-12-6-4-10-23(25)28(24-11-5-7-13-26(24)33)29-30(33)32(40)36(31(29)39)21-14-16-22(17-15-21)37(41)42/h1-17,19,28-30H,18H2,(H,35,38)/b34-19-/t28?,29-,30+,33?/m1/s1. The molecular formula is C33H24N4O5. The number of non-ortho nitro benzene ring substituents is 1. The van der Waals surface area contributed by atoms with E-state index < -0.39 is 28.1 Å². The summed E-state index contributed by atoms with van der Waals surface area (Å²) < 4.78 is 0. The van der Waals surface area contributed by atoms with Crippen LogP contribution in [0.5, 0.6) is 0 Å². The van der Waals surface area contributed by atoms with Gasteiger partial charge in [0.1, 0.15) is 0 Å². The number of amides is 3. The monoisotopic (exact) mass is 556 g/mol. The second-order valence-corrected chi connectivity index (χ2v) is 10.8. The van der Waals surface area contributed by atoms with E-state index in [9.17, 15) is 24.5 Å². The molecule has 9 nitrogen and oxygen atoms in total. The summed E-state index contributed by atoms with van der Waals surface area (Å²) in [5, 5.41) is 15.6. The van der Waals surface area contributed by atoms with E-state index in [1.807, 2.05) is 78.9 Å². The number of hydrogen-bond donors (Lipinski definition) is 1. The number of nitrogens with zero attached hydrogens (tertiary/aromatic N) is 3. The molecule has 4 aromatic rings. The van der Waals surface area contributed by atoms with Gasteiger partial charge in [0.25, 0.3) is 5.69 Å². The van der Waals surface area contributed by atoms with Crippen LogP contribution >= 0.6 is 0 Å². The van der Waals surface area contributed by atoms with Gasteiger partial charge in [0.2, 0.25) is 17.7 Å². The zero-order chi connectivity index (χ0) is 29.0. The Labute approximate surface area is 240 Å². The molecule has 1 aliphatic heterocycles. The van der Waals surface area contributed by atoms with Crippen molar-refractivity contribution in [1.82, 2.24) is 5.43 Å². The normalized spacial score (nSPS) is 23.4. The lowest BCUT2D eigenvalue weighted by Crippen LogP contribution is -2.54. The number of anilines is 1. The molecule has 1 saturated heterocycles. The highest BCUT2D eigenvalue weighted by atomic mass is 16.6. The Morgan fingerprint density at radius 2 is 1.45 bits per heavy atom. The largest absolute Gasteiger partial charge is 0.274 e. The first-order valence-corrected chi connectivity index (χ1v) is 13.6. The van der Waals surface area contributed by atoms with E-state index in [0.717, 1.165) is 32.7 Å². The van der Waals surface area contributed by atoms with Gasteiger partial charge < -0.3 is 0 Å². The number of nitro benzene ring substituents is 1. The maximum Gasteiger partial charge on any atom is 0.269 e. The van der Waals surface area contributed by atoms with Gasteiger partial charge in [-0.1, -0.05) is 78.9 Å². The van der Waals surface area contributed by atoms with E-state index in [1.54, 1.807) is 6.21 Å². The molecule has 2 atom stereocenters. The van der Waals surface area contributed by atoms with E-state index in [-0.39, 0.29) is 35.5 Å². The van der Waals surface area contributed by atoms with Crippen LogP contribution in [0.3, 0.4) is 0 Å². The Bertz CT molecular complexity index is 1750. The fourth-order valence-electron chi connectivity index (χ4n) is 7.05. The number of imide groups is 1. The van der Waals surface area contributed by atoms with E-state index in [1.165, 1.54) is 24.3 Å². The van der Waals surface area contributed by atoms with Crippen molar-refractivity contribution in [2.45, 2.75) is 17.8 Å². The summed E-state index contributed by atoms with van der Waals surface area (Å²) in [4.78, 5) is 53.2.